The van der Waals surface area contributed by atoms with E-state index in [9.17, 15) is 4.79 Å². The highest BCUT2D eigenvalue weighted by molar-refractivity contribution is 5.76. The van der Waals surface area contributed by atoms with Crippen molar-refractivity contribution >= 4 is 5.91 Å². The van der Waals surface area contributed by atoms with Gasteiger partial charge in [0, 0.05) is 24.6 Å². The summed E-state index contributed by atoms with van der Waals surface area (Å²) < 4.78 is 5.03. The summed E-state index contributed by atoms with van der Waals surface area (Å²) in [5, 5.41) is 6.66. The molecule has 0 saturated heterocycles. The molecule has 90 valence electrons. The van der Waals surface area contributed by atoms with E-state index in [0.717, 1.165) is 17.0 Å². The maximum Gasteiger partial charge on any atom is 0.220 e. The van der Waals surface area contributed by atoms with E-state index in [0.29, 0.717) is 19.4 Å². The molecule has 1 aromatic heterocycles. The van der Waals surface area contributed by atoms with Crippen molar-refractivity contribution in [2.24, 2.45) is 5.73 Å². The van der Waals surface area contributed by atoms with Crippen LogP contribution >= 0.6 is 0 Å². The van der Waals surface area contributed by atoms with Crippen LogP contribution in [0.1, 0.15) is 30.4 Å². The van der Waals surface area contributed by atoms with E-state index < -0.39 is 0 Å². The van der Waals surface area contributed by atoms with Crippen LogP contribution in [-0.2, 0) is 11.2 Å². The Labute approximate surface area is 95.4 Å². The second-order valence-electron chi connectivity index (χ2n) is 4.01. The summed E-state index contributed by atoms with van der Waals surface area (Å²) in [4.78, 5) is 11.5. The maximum absolute atomic E-state index is 11.5. The molecule has 1 amide bonds. The van der Waals surface area contributed by atoms with Gasteiger partial charge in [-0.3, -0.25) is 4.79 Å². The van der Waals surface area contributed by atoms with Crippen molar-refractivity contribution in [2.75, 3.05) is 6.54 Å². The monoisotopic (exact) mass is 225 g/mol. The highest BCUT2D eigenvalue weighted by atomic mass is 16.5. The van der Waals surface area contributed by atoms with Gasteiger partial charge in [0.2, 0.25) is 5.91 Å². The molecule has 1 unspecified atom stereocenters. The van der Waals surface area contributed by atoms with Crippen molar-refractivity contribution < 1.29 is 9.32 Å². The zero-order chi connectivity index (χ0) is 12.1. The number of nitrogens with zero attached hydrogens (tertiary/aromatic N) is 1. The first-order valence-electron chi connectivity index (χ1n) is 5.45. The Morgan fingerprint density at radius 2 is 2.25 bits per heavy atom. The van der Waals surface area contributed by atoms with Gasteiger partial charge in [-0.25, -0.2) is 0 Å². The van der Waals surface area contributed by atoms with E-state index in [-0.39, 0.29) is 11.9 Å². The van der Waals surface area contributed by atoms with E-state index >= 15 is 0 Å². The molecular formula is C11H19N3O2. The van der Waals surface area contributed by atoms with E-state index in [1.165, 1.54) is 0 Å². The van der Waals surface area contributed by atoms with Crippen LogP contribution in [0.2, 0.25) is 0 Å². The average Bonchev–Trinajstić information content (AvgIpc) is 2.56. The lowest BCUT2D eigenvalue weighted by Gasteiger charge is -2.10. The standard InChI is InChI=1S/C11H19N3O2/c1-7(6-12)13-11(15)5-4-10-8(2)14-16-9(10)3/h7H,4-6,12H2,1-3H3,(H,13,15). The third-order valence-electron chi connectivity index (χ3n) is 2.54. The van der Waals surface area contributed by atoms with Gasteiger partial charge in [-0.1, -0.05) is 5.16 Å². The molecule has 1 rings (SSSR count). The van der Waals surface area contributed by atoms with Gasteiger partial charge in [0.15, 0.2) is 0 Å². The number of nitrogens with two attached hydrogens (primary N) is 1. The van der Waals surface area contributed by atoms with Crippen molar-refractivity contribution in [1.29, 1.82) is 0 Å². The molecule has 0 radical (unpaired) electrons. The first-order valence-corrected chi connectivity index (χ1v) is 5.45. The summed E-state index contributed by atoms with van der Waals surface area (Å²) in [5.74, 6) is 0.801. The van der Waals surface area contributed by atoms with Gasteiger partial charge in [-0.15, -0.1) is 0 Å². The van der Waals surface area contributed by atoms with E-state index in [1.54, 1.807) is 0 Å². The molecular weight excluding hydrogens is 206 g/mol. The lowest BCUT2D eigenvalue weighted by Crippen LogP contribution is -2.37. The Kier molecular flexibility index (Phi) is 4.49. The minimum absolute atomic E-state index is 0.0120. The second kappa shape index (κ2) is 5.65. The van der Waals surface area contributed by atoms with E-state index in [1.807, 2.05) is 20.8 Å². The molecule has 16 heavy (non-hydrogen) atoms. The quantitative estimate of drug-likeness (QED) is 0.772. The zero-order valence-corrected chi connectivity index (χ0v) is 10.0. The van der Waals surface area contributed by atoms with E-state index in [2.05, 4.69) is 10.5 Å². The third-order valence-corrected chi connectivity index (χ3v) is 2.54. The number of carbonyl (C=O) groups is 1. The second-order valence-corrected chi connectivity index (χ2v) is 4.01. The van der Waals surface area contributed by atoms with Crippen molar-refractivity contribution in [1.82, 2.24) is 10.5 Å². The first kappa shape index (κ1) is 12.7. The lowest BCUT2D eigenvalue weighted by molar-refractivity contribution is -0.121. The molecule has 0 aliphatic rings. The molecule has 3 N–H and O–H groups in total. The van der Waals surface area contributed by atoms with Crippen LogP contribution in [0.3, 0.4) is 0 Å². The van der Waals surface area contributed by atoms with Gasteiger partial charge in [-0.05, 0) is 27.2 Å². The normalized spacial score (nSPS) is 12.5. The Hall–Kier alpha value is -1.36. The summed E-state index contributed by atoms with van der Waals surface area (Å²) in [6.07, 6.45) is 1.09. The number of hydrogen-bond donors (Lipinski definition) is 2. The molecule has 1 heterocycles. The number of aromatic nitrogens is 1. The topological polar surface area (TPSA) is 81.2 Å². The minimum atomic E-state index is 0.0120. The molecule has 5 nitrogen and oxygen atoms in total. The molecule has 0 saturated carbocycles. The fraction of sp³-hybridized carbons (Fsp3) is 0.636. The molecule has 0 aromatic carbocycles. The van der Waals surface area contributed by atoms with Gasteiger partial charge in [0.1, 0.15) is 5.76 Å². The Balaban J connectivity index is 2.43. The Morgan fingerprint density at radius 3 is 2.75 bits per heavy atom. The number of hydrogen-bond acceptors (Lipinski definition) is 4. The fourth-order valence-corrected chi connectivity index (χ4v) is 1.50. The number of aryl methyl sites for hydroxylation is 2. The molecule has 0 spiro atoms. The van der Waals surface area contributed by atoms with Gasteiger partial charge < -0.3 is 15.6 Å². The van der Waals surface area contributed by atoms with Crippen molar-refractivity contribution in [3.05, 3.63) is 17.0 Å². The van der Waals surface area contributed by atoms with Crippen molar-refractivity contribution in [3.8, 4) is 0 Å². The molecule has 0 bridgehead atoms. The van der Waals surface area contributed by atoms with Crippen LogP contribution < -0.4 is 11.1 Å². The highest BCUT2D eigenvalue weighted by Crippen LogP contribution is 2.14. The van der Waals surface area contributed by atoms with Gasteiger partial charge in [-0.2, -0.15) is 0 Å². The highest BCUT2D eigenvalue weighted by Gasteiger charge is 2.11. The summed E-state index contributed by atoms with van der Waals surface area (Å²) in [6, 6.07) is 0.0252. The number of rotatable bonds is 5. The molecule has 5 heteroatoms. The third kappa shape index (κ3) is 3.34. The number of carbonyl (C=O) groups excluding carboxylic acids is 1. The zero-order valence-electron chi connectivity index (χ0n) is 10.0. The summed E-state index contributed by atoms with van der Waals surface area (Å²) in [7, 11) is 0. The van der Waals surface area contributed by atoms with Crippen LogP contribution in [0.15, 0.2) is 4.52 Å². The van der Waals surface area contributed by atoms with Crippen LogP contribution in [0, 0.1) is 13.8 Å². The van der Waals surface area contributed by atoms with Crippen molar-refractivity contribution in [3.63, 3.8) is 0 Å². The van der Waals surface area contributed by atoms with Gasteiger partial charge >= 0.3 is 0 Å². The van der Waals surface area contributed by atoms with Crippen LogP contribution in [0.4, 0.5) is 0 Å². The van der Waals surface area contributed by atoms with Gasteiger partial charge in [0.25, 0.3) is 0 Å². The molecule has 0 aliphatic carbocycles. The van der Waals surface area contributed by atoms with Crippen LogP contribution in [-0.4, -0.2) is 23.7 Å². The van der Waals surface area contributed by atoms with Gasteiger partial charge in [0.05, 0.1) is 5.69 Å². The SMILES string of the molecule is Cc1noc(C)c1CCC(=O)NC(C)CN. The summed E-state index contributed by atoms with van der Waals surface area (Å²) >= 11 is 0. The fourth-order valence-electron chi connectivity index (χ4n) is 1.50. The molecule has 1 aromatic rings. The minimum Gasteiger partial charge on any atom is -0.361 e. The van der Waals surface area contributed by atoms with Crippen LogP contribution in [0.25, 0.3) is 0 Å². The summed E-state index contributed by atoms with van der Waals surface area (Å²) in [5.41, 5.74) is 7.30. The van der Waals surface area contributed by atoms with Crippen molar-refractivity contribution in [2.45, 2.75) is 39.7 Å². The van der Waals surface area contributed by atoms with Crippen LogP contribution in [0.5, 0.6) is 0 Å². The Morgan fingerprint density at radius 1 is 1.56 bits per heavy atom. The number of amides is 1. The molecule has 1 atom stereocenters. The maximum atomic E-state index is 11.5. The Bertz CT molecular complexity index is 341. The smallest absolute Gasteiger partial charge is 0.220 e. The lowest BCUT2D eigenvalue weighted by atomic mass is 10.1. The largest absolute Gasteiger partial charge is 0.361 e. The summed E-state index contributed by atoms with van der Waals surface area (Å²) in [6.45, 7) is 6.08. The van der Waals surface area contributed by atoms with E-state index in [4.69, 9.17) is 10.3 Å². The average molecular weight is 225 g/mol. The molecule has 0 aliphatic heterocycles. The first-order chi connectivity index (χ1) is 7.54. The predicted octanol–water partition coefficient (Wildman–Crippen LogP) is 0.687. The predicted molar refractivity (Wildman–Crippen MR) is 61.0 cm³/mol. The number of nitrogens with one attached hydrogen (secondary N) is 1. The molecule has 0 fully saturated rings.